The Bertz CT molecular complexity index is 425. The van der Waals surface area contributed by atoms with Gasteiger partial charge in [0.1, 0.15) is 0 Å². The van der Waals surface area contributed by atoms with Crippen molar-refractivity contribution in [3.8, 4) is 0 Å². The van der Waals surface area contributed by atoms with Crippen LogP contribution in [0, 0.1) is 0 Å². The molecule has 2 heterocycles. The summed E-state index contributed by atoms with van der Waals surface area (Å²) < 4.78 is 3.37. The number of hydrogen-bond acceptors (Lipinski definition) is 6. The number of hydrogen-bond donors (Lipinski definition) is 0. The van der Waals surface area contributed by atoms with Crippen molar-refractivity contribution in [1.29, 1.82) is 0 Å². The Morgan fingerprint density at radius 2 is 1.06 bits per heavy atom. The molecule has 0 N–H and O–H groups in total. The first-order valence-corrected chi connectivity index (χ1v) is 5.88. The Balaban J connectivity index is 0.000000180. The Kier molecular flexibility index (Phi) is 4.87. The number of tetrazole rings is 2. The summed E-state index contributed by atoms with van der Waals surface area (Å²) >= 11 is 0. The van der Waals surface area contributed by atoms with Crippen LogP contribution in [0.25, 0.3) is 0 Å². The van der Waals surface area contributed by atoms with Crippen LogP contribution in [0.15, 0.2) is 0 Å². The van der Waals surface area contributed by atoms with E-state index in [9.17, 15) is 0 Å². The summed E-state index contributed by atoms with van der Waals surface area (Å²) in [4.78, 5) is 0. The summed E-state index contributed by atoms with van der Waals surface area (Å²) in [6.45, 7) is 8.24. The van der Waals surface area contributed by atoms with E-state index in [0.29, 0.717) is 11.8 Å². The van der Waals surface area contributed by atoms with Gasteiger partial charge in [0.15, 0.2) is 11.6 Å². The van der Waals surface area contributed by atoms with Crippen molar-refractivity contribution in [1.82, 2.24) is 40.4 Å². The Labute approximate surface area is 106 Å². The quantitative estimate of drug-likeness (QED) is 0.780. The van der Waals surface area contributed by atoms with E-state index >= 15 is 0 Å². The molecule has 0 bridgehead atoms. The smallest absolute Gasteiger partial charge is 0.153 e. The molecule has 0 atom stereocenters. The van der Waals surface area contributed by atoms with Gasteiger partial charge in [-0.25, -0.2) is 9.36 Å². The first-order chi connectivity index (χ1) is 8.43. The van der Waals surface area contributed by atoms with Crippen molar-refractivity contribution >= 4 is 0 Å². The molecule has 0 spiro atoms. The summed E-state index contributed by atoms with van der Waals surface area (Å²) in [7, 11) is 3.69. The van der Waals surface area contributed by atoms with Gasteiger partial charge in [-0.1, -0.05) is 27.7 Å². The van der Waals surface area contributed by atoms with E-state index in [4.69, 9.17) is 0 Å². The van der Waals surface area contributed by atoms with Crippen LogP contribution >= 0.6 is 0 Å². The summed E-state index contributed by atoms with van der Waals surface area (Å²) in [5.74, 6) is 2.67. The number of aryl methyl sites for hydroxylation is 2. The SMILES string of the molecule is CC(C)c1nnnn1C.CC(C)c1nnnn1C. The van der Waals surface area contributed by atoms with Crippen LogP contribution in [0.4, 0.5) is 0 Å². The lowest BCUT2D eigenvalue weighted by molar-refractivity contribution is 0.645. The van der Waals surface area contributed by atoms with Gasteiger partial charge in [-0.2, -0.15) is 0 Å². The van der Waals surface area contributed by atoms with Crippen molar-refractivity contribution < 1.29 is 0 Å². The Hall–Kier alpha value is -1.86. The summed E-state index contributed by atoms with van der Waals surface area (Å²) in [5.41, 5.74) is 0. The fraction of sp³-hybridized carbons (Fsp3) is 0.800. The zero-order chi connectivity index (χ0) is 13.7. The van der Waals surface area contributed by atoms with Gasteiger partial charge in [0.05, 0.1) is 0 Å². The maximum absolute atomic E-state index is 3.82. The normalized spacial score (nSPS) is 10.7. The zero-order valence-electron chi connectivity index (χ0n) is 11.7. The summed E-state index contributed by atoms with van der Waals surface area (Å²) in [6.07, 6.45) is 0. The molecule has 0 saturated carbocycles. The molecule has 0 aromatic carbocycles. The second kappa shape index (κ2) is 6.18. The molecule has 2 rings (SSSR count). The van der Waals surface area contributed by atoms with Crippen LogP contribution in [0.5, 0.6) is 0 Å². The maximum Gasteiger partial charge on any atom is 0.153 e. The molecule has 0 saturated heterocycles. The van der Waals surface area contributed by atoms with Crippen LogP contribution < -0.4 is 0 Å². The predicted octanol–water partition coefficient (Wildman–Crippen LogP) is 0.667. The molecule has 0 aliphatic carbocycles. The minimum absolute atomic E-state index is 0.407. The molecule has 0 radical (unpaired) electrons. The monoisotopic (exact) mass is 252 g/mol. The third kappa shape index (κ3) is 3.57. The van der Waals surface area contributed by atoms with Gasteiger partial charge >= 0.3 is 0 Å². The third-order valence-corrected chi connectivity index (χ3v) is 2.34. The number of aromatic nitrogens is 8. The molecule has 0 unspecified atom stereocenters. The minimum atomic E-state index is 0.407. The minimum Gasteiger partial charge on any atom is -0.232 e. The van der Waals surface area contributed by atoms with E-state index in [2.05, 4.69) is 58.7 Å². The molecule has 0 aliphatic heterocycles. The van der Waals surface area contributed by atoms with Crippen molar-refractivity contribution in [2.24, 2.45) is 14.1 Å². The van der Waals surface area contributed by atoms with Gasteiger partial charge in [-0.3, -0.25) is 0 Å². The van der Waals surface area contributed by atoms with Crippen molar-refractivity contribution in [2.45, 2.75) is 39.5 Å². The standard InChI is InChI=1S/2C5H10N4/c2*1-4(2)5-6-7-8-9(5)3/h2*4H,1-3H3. The number of rotatable bonds is 2. The summed E-state index contributed by atoms with van der Waals surface area (Å²) in [5, 5.41) is 22.0. The lowest BCUT2D eigenvalue weighted by atomic mass is 10.2. The van der Waals surface area contributed by atoms with Gasteiger partial charge in [0, 0.05) is 25.9 Å². The highest BCUT2D eigenvalue weighted by atomic mass is 15.5. The molecule has 2 aromatic rings. The van der Waals surface area contributed by atoms with Crippen LogP contribution in [0.1, 0.15) is 51.2 Å². The summed E-state index contributed by atoms with van der Waals surface area (Å²) in [6, 6.07) is 0. The second-order valence-corrected chi connectivity index (χ2v) is 4.63. The van der Waals surface area contributed by atoms with Crippen molar-refractivity contribution in [3.05, 3.63) is 11.6 Å². The topological polar surface area (TPSA) is 87.2 Å². The maximum atomic E-state index is 3.82. The largest absolute Gasteiger partial charge is 0.232 e. The lowest BCUT2D eigenvalue weighted by Crippen LogP contribution is -2.00. The number of nitrogens with zero attached hydrogens (tertiary/aromatic N) is 8. The van der Waals surface area contributed by atoms with Crippen LogP contribution in [0.3, 0.4) is 0 Å². The molecular weight excluding hydrogens is 232 g/mol. The van der Waals surface area contributed by atoms with E-state index in [-0.39, 0.29) is 0 Å². The predicted molar refractivity (Wildman–Crippen MR) is 65.8 cm³/mol. The molecule has 8 nitrogen and oxygen atoms in total. The highest BCUT2D eigenvalue weighted by Crippen LogP contribution is 2.06. The van der Waals surface area contributed by atoms with E-state index in [1.54, 1.807) is 9.36 Å². The fourth-order valence-electron chi connectivity index (χ4n) is 1.45. The molecule has 0 fully saturated rings. The van der Waals surface area contributed by atoms with Gasteiger partial charge in [-0.05, 0) is 20.9 Å². The Morgan fingerprint density at radius 3 is 1.17 bits per heavy atom. The molecule has 2 aromatic heterocycles. The Morgan fingerprint density at radius 1 is 0.722 bits per heavy atom. The first kappa shape index (κ1) is 14.2. The van der Waals surface area contributed by atoms with Crippen LogP contribution in [-0.2, 0) is 14.1 Å². The van der Waals surface area contributed by atoms with E-state index in [1.807, 2.05) is 14.1 Å². The van der Waals surface area contributed by atoms with Crippen LogP contribution in [0.2, 0.25) is 0 Å². The van der Waals surface area contributed by atoms with Gasteiger partial charge in [0.2, 0.25) is 0 Å². The third-order valence-electron chi connectivity index (χ3n) is 2.34. The lowest BCUT2D eigenvalue weighted by Gasteiger charge is -1.98. The van der Waals surface area contributed by atoms with E-state index in [0.717, 1.165) is 11.6 Å². The molecule has 0 aliphatic rings. The van der Waals surface area contributed by atoms with E-state index < -0.39 is 0 Å². The zero-order valence-corrected chi connectivity index (χ0v) is 11.7. The first-order valence-electron chi connectivity index (χ1n) is 5.88. The fourth-order valence-corrected chi connectivity index (χ4v) is 1.45. The highest BCUT2D eigenvalue weighted by Gasteiger charge is 2.05. The van der Waals surface area contributed by atoms with Crippen molar-refractivity contribution in [3.63, 3.8) is 0 Å². The second-order valence-electron chi connectivity index (χ2n) is 4.63. The van der Waals surface area contributed by atoms with Gasteiger partial charge in [0.25, 0.3) is 0 Å². The molecular formula is C10H20N8. The van der Waals surface area contributed by atoms with Crippen LogP contribution in [-0.4, -0.2) is 40.4 Å². The average Bonchev–Trinajstić information content (AvgIpc) is 2.87. The molecule has 8 heteroatoms. The molecule has 100 valence electrons. The van der Waals surface area contributed by atoms with E-state index in [1.165, 1.54) is 0 Å². The van der Waals surface area contributed by atoms with Gasteiger partial charge in [-0.15, -0.1) is 10.2 Å². The average molecular weight is 252 g/mol. The van der Waals surface area contributed by atoms with Gasteiger partial charge < -0.3 is 0 Å². The molecule has 0 amide bonds. The highest BCUT2D eigenvalue weighted by molar-refractivity contribution is 4.87. The van der Waals surface area contributed by atoms with Crippen molar-refractivity contribution in [2.75, 3.05) is 0 Å². The molecule has 18 heavy (non-hydrogen) atoms.